The monoisotopic (exact) mass is 414 g/mol. The molecule has 1 amide bonds. The maximum Gasteiger partial charge on any atom is 0.328 e. The van der Waals surface area contributed by atoms with Crippen LogP contribution in [0.1, 0.15) is 31.7 Å². The van der Waals surface area contributed by atoms with E-state index in [4.69, 9.17) is 4.74 Å². The van der Waals surface area contributed by atoms with Crippen LogP contribution in [0, 0.1) is 5.82 Å². The van der Waals surface area contributed by atoms with Crippen molar-refractivity contribution in [2.45, 2.75) is 39.3 Å². The Bertz CT molecular complexity index is 1020. The van der Waals surface area contributed by atoms with Crippen molar-refractivity contribution in [3.63, 3.8) is 0 Å². The number of ether oxygens (including phenoxy) is 1. The van der Waals surface area contributed by atoms with Crippen LogP contribution >= 0.6 is 0 Å². The average molecular weight is 414 g/mol. The Morgan fingerprint density at radius 3 is 2.67 bits per heavy atom. The predicted molar refractivity (Wildman–Crippen MR) is 107 cm³/mol. The number of benzene rings is 1. The molecule has 1 aromatic carbocycles. The molecule has 158 valence electrons. The Balaban J connectivity index is 1.59. The lowest BCUT2D eigenvalue weighted by molar-refractivity contribution is -0.146. The van der Waals surface area contributed by atoms with E-state index < -0.39 is 12.0 Å². The first kappa shape index (κ1) is 21.2. The smallest absolute Gasteiger partial charge is 0.328 e. The van der Waals surface area contributed by atoms with Crippen LogP contribution in [0.15, 0.2) is 36.4 Å². The molecule has 2 heterocycles. The molecule has 0 aliphatic carbocycles. The number of nitrogens with one attached hydrogen (secondary N) is 2. The molecule has 3 aromatic rings. The van der Waals surface area contributed by atoms with Crippen molar-refractivity contribution in [2.75, 3.05) is 11.9 Å². The van der Waals surface area contributed by atoms with Gasteiger partial charge in [0.2, 0.25) is 5.91 Å². The van der Waals surface area contributed by atoms with Gasteiger partial charge in [0.05, 0.1) is 6.61 Å². The van der Waals surface area contributed by atoms with E-state index in [0.29, 0.717) is 30.3 Å². The summed E-state index contributed by atoms with van der Waals surface area (Å²) >= 11 is 0. The van der Waals surface area contributed by atoms with Crippen LogP contribution in [0.2, 0.25) is 0 Å². The van der Waals surface area contributed by atoms with Gasteiger partial charge in [0.1, 0.15) is 17.7 Å². The third kappa shape index (κ3) is 5.49. The molecular formula is C20H23FN6O3. The number of amides is 1. The van der Waals surface area contributed by atoms with Crippen LogP contribution in [-0.4, -0.2) is 44.3 Å². The van der Waals surface area contributed by atoms with E-state index in [2.05, 4.69) is 25.9 Å². The van der Waals surface area contributed by atoms with Gasteiger partial charge in [-0.05, 0) is 43.7 Å². The van der Waals surface area contributed by atoms with Crippen molar-refractivity contribution in [2.24, 2.45) is 0 Å². The second-order valence-corrected chi connectivity index (χ2v) is 6.63. The van der Waals surface area contributed by atoms with Crippen molar-refractivity contribution in [1.29, 1.82) is 0 Å². The van der Waals surface area contributed by atoms with E-state index in [1.54, 1.807) is 42.6 Å². The summed E-state index contributed by atoms with van der Waals surface area (Å²) in [6, 6.07) is 9.01. The Morgan fingerprint density at radius 2 is 1.93 bits per heavy atom. The van der Waals surface area contributed by atoms with E-state index in [9.17, 15) is 14.0 Å². The van der Waals surface area contributed by atoms with Crippen LogP contribution in [0.25, 0.3) is 5.65 Å². The normalized spacial score (nSPS) is 11.8. The second kappa shape index (κ2) is 9.77. The second-order valence-electron chi connectivity index (χ2n) is 6.63. The summed E-state index contributed by atoms with van der Waals surface area (Å²) in [6.07, 6.45) is 0.427. The zero-order valence-electron chi connectivity index (χ0n) is 16.8. The van der Waals surface area contributed by atoms with Gasteiger partial charge in [-0.15, -0.1) is 15.3 Å². The largest absolute Gasteiger partial charge is 0.464 e. The van der Waals surface area contributed by atoms with Gasteiger partial charge in [-0.1, -0.05) is 12.1 Å². The highest BCUT2D eigenvalue weighted by Crippen LogP contribution is 2.11. The van der Waals surface area contributed by atoms with Crippen molar-refractivity contribution in [1.82, 2.24) is 25.1 Å². The molecule has 0 saturated carbocycles. The van der Waals surface area contributed by atoms with Crippen LogP contribution in [0.4, 0.5) is 10.2 Å². The number of halogens is 1. The third-order valence-electron chi connectivity index (χ3n) is 4.31. The molecule has 0 bridgehead atoms. The number of hydrogen-bond acceptors (Lipinski definition) is 7. The van der Waals surface area contributed by atoms with E-state index >= 15 is 0 Å². The van der Waals surface area contributed by atoms with E-state index in [0.717, 1.165) is 5.56 Å². The Labute approximate surface area is 172 Å². The molecule has 0 radical (unpaired) electrons. The minimum Gasteiger partial charge on any atom is -0.464 e. The first-order valence-electron chi connectivity index (χ1n) is 9.62. The Hall–Kier alpha value is -3.56. The van der Waals surface area contributed by atoms with Crippen molar-refractivity contribution in [3.8, 4) is 0 Å². The number of hydrogen-bond donors (Lipinski definition) is 2. The maximum absolute atomic E-state index is 13.0. The third-order valence-corrected chi connectivity index (χ3v) is 4.31. The lowest BCUT2D eigenvalue weighted by Crippen LogP contribution is -2.39. The molecule has 2 aromatic heterocycles. The minimum absolute atomic E-state index is 0.124. The number of fused-ring (bicyclic) bond motifs is 1. The highest BCUT2D eigenvalue weighted by atomic mass is 19.1. The molecule has 1 atom stereocenters. The number of carbonyl (C=O) groups excluding carboxylic acids is 2. The number of anilines is 1. The zero-order chi connectivity index (χ0) is 21.5. The van der Waals surface area contributed by atoms with Gasteiger partial charge in [0.15, 0.2) is 11.5 Å². The average Bonchev–Trinajstić information content (AvgIpc) is 3.14. The van der Waals surface area contributed by atoms with Crippen molar-refractivity contribution < 1.29 is 18.7 Å². The SMILES string of the molecule is CCOC(=O)[C@@H](C)NC(=O)CCc1nnc2ccc(NCc3ccc(F)cc3)nn12. The van der Waals surface area contributed by atoms with Crippen LogP contribution in [-0.2, 0) is 27.3 Å². The fourth-order valence-corrected chi connectivity index (χ4v) is 2.74. The number of aryl methyl sites for hydroxylation is 1. The first-order valence-corrected chi connectivity index (χ1v) is 9.62. The summed E-state index contributed by atoms with van der Waals surface area (Å²) in [5, 5.41) is 18.4. The summed E-state index contributed by atoms with van der Waals surface area (Å²) in [5.74, 6) is 0.0611. The molecular weight excluding hydrogens is 391 g/mol. The zero-order valence-corrected chi connectivity index (χ0v) is 16.8. The molecule has 3 rings (SSSR count). The molecule has 0 fully saturated rings. The minimum atomic E-state index is -0.715. The van der Waals surface area contributed by atoms with Gasteiger partial charge < -0.3 is 15.4 Å². The molecule has 9 nitrogen and oxygen atoms in total. The lowest BCUT2D eigenvalue weighted by atomic mass is 10.2. The standard InChI is InChI=1S/C20H23FN6O3/c1-3-30-20(29)13(2)23-19(28)11-10-18-25-24-17-9-8-16(26-27(17)18)22-12-14-4-6-15(21)7-5-14/h4-9,13H,3,10-12H2,1-2H3,(H,22,26)(H,23,28)/t13-/m1/s1. The molecule has 0 aliphatic rings. The van der Waals surface area contributed by atoms with Crippen LogP contribution < -0.4 is 10.6 Å². The quantitative estimate of drug-likeness (QED) is 0.514. The predicted octanol–water partition coefficient (Wildman–Crippen LogP) is 1.88. The summed E-state index contributed by atoms with van der Waals surface area (Å²) < 4.78 is 19.4. The van der Waals surface area contributed by atoms with E-state index in [1.807, 2.05) is 0 Å². The van der Waals surface area contributed by atoms with Gasteiger partial charge in [0, 0.05) is 19.4 Å². The first-order chi connectivity index (χ1) is 14.5. The van der Waals surface area contributed by atoms with Crippen molar-refractivity contribution >= 4 is 23.3 Å². The maximum atomic E-state index is 13.0. The molecule has 0 aliphatic heterocycles. The number of esters is 1. The molecule has 30 heavy (non-hydrogen) atoms. The summed E-state index contributed by atoms with van der Waals surface area (Å²) in [7, 11) is 0. The molecule has 10 heteroatoms. The van der Waals surface area contributed by atoms with Gasteiger partial charge in [0.25, 0.3) is 0 Å². The molecule has 2 N–H and O–H groups in total. The van der Waals surface area contributed by atoms with Crippen molar-refractivity contribution in [3.05, 3.63) is 53.6 Å². The van der Waals surface area contributed by atoms with Gasteiger partial charge in [-0.2, -0.15) is 4.52 Å². The Kier molecular flexibility index (Phi) is 6.89. The van der Waals surface area contributed by atoms with Crippen LogP contribution in [0.3, 0.4) is 0 Å². The number of carbonyl (C=O) groups is 2. The fourth-order valence-electron chi connectivity index (χ4n) is 2.74. The lowest BCUT2D eigenvalue weighted by Gasteiger charge is -2.12. The molecule has 0 saturated heterocycles. The number of nitrogens with zero attached hydrogens (tertiary/aromatic N) is 4. The van der Waals surface area contributed by atoms with E-state index in [-0.39, 0.29) is 24.8 Å². The van der Waals surface area contributed by atoms with Gasteiger partial charge in [-0.3, -0.25) is 4.79 Å². The highest BCUT2D eigenvalue weighted by Gasteiger charge is 2.17. The topological polar surface area (TPSA) is 111 Å². The van der Waals surface area contributed by atoms with E-state index in [1.165, 1.54) is 12.1 Å². The number of aromatic nitrogens is 4. The fraction of sp³-hybridized carbons (Fsp3) is 0.350. The summed E-state index contributed by atoms with van der Waals surface area (Å²) in [4.78, 5) is 23.7. The van der Waals surface area contributed by atoms with Crippen LogP contribution in [0.5, 0.6) is 0 Å². The van der Waals surface area contributed by atoms with Gasteiger partial charge >= 0.3 is 5.97 Å². The summed E-state index contributed by atoms with van der Waals surface area (Å²) in [5.41, 5.74) is 1.47. The molecule has 0 unspecified atom stereocenters. The number of rotatable bonds is 9. The highest BCUT2D eigenvalue weighted by molar-refractivity contribution is 5.84. The Morgan fingerprint density at radius 1 is 1.17 bits per heavy atom. The van der Waals surface area contributed by atoms with Gasteiger partial charge in [-0.25, -0.2) is 9.18 Å². The summed E-state index contributed by atoms with van der Waals surface area (Å²) in [6.45, 7) is 4.01. The molecule has 0 spiro atoms.